The van der Waals surface area contributed by atoms with Crippen LogP contribution in [0.3, 0.4) is 0 Å². The van der Waals surface area contributed by atoms with Crippen LogP contribution in [-0.4, -0.2) is 55.2 Å². The van der Waals surface area contributed by atoms with Crippen LogP contribution in [0.2, 0.25) is 0 Å². The van der Waals surface area contributed by atoms with Gasteiger partial charge in [0.15, 0.2) is 5.13 Å². The summed E-state index contributed by atoms with van der Waals surface area (Å²) in [4.78, 5) is 15.9. The second-order valence-electron chi connectivity index (χ2n) is 3.60. The Kier molecular flexibility index (Phi) is 5.81. The number of aromatic nitrogens is 1. The molecule has 1 aromatic heterocycles. The number of rotatable bonds is 8. The molecule has 96 valence electrons. The molecule has 0 unspecified atom stereocenters. The summed E-state index contributed by atoms with van der Waals surface area (Å²) < 4.78 is 5.36. The summed E-state index contributed by atoms with van der Waals surface area (Å²) in [7, 11) is 3.96. The van der Waals surface area contributed by atoms with Gasteiger partial charge in [0.1, 0.15) is 6.20 Å². The summed E-state index contributed by atoms with van der Waals surface area (Å²) in [6, 6.07) is 0. The lowest BCUT2D eigenvalue weighted by molar-refractivity contribution is -0.380. The topological polar surface area (TPSA) is 80.5 Å². The highest BCUT2D eigenvalue weighted by atomic mass is 32.1. The van der Waals surface area contributed by atoms with Crippen LogP contribution < -0.4 is 5.32 Å². The van der Waals surface area contributed by atoms with Gasteiger partial charge in [-0.1, -0.05) is 0 Å². The number of anilines is 1. The van der Waals surface area contributed by atoms with Gasteiger partial charge in [-0.15, -0.1) is 0 Å². The highest BCUT2D eigenvalue weighted by Crippen LogP contribution is 2.24. The second-order valence-corrected chi connectivity index (χ2v) is 4.61. The Labute approximate surface area is 104 Å². The molecule has 0 aliphatic heterocycles. The Bertz CT molecular complexity index is 356. The third-order valence-corrected chi connectivity index (χ3v) is 2.79. The summed E-state index contributed by atoms with van der Waals surface area (Å²) in [5.74, 6) is 0. The van der Waals surface area contributed by atoms with E-state index in [4.69, 9.17) is 4.74 Å². The monoisotopic (exact) mass is 260 g/mol. The molecule has 0 bridgehead atoms. The predicted octanol–water partition coefficient (Wildman–Crippen LogP) is 1.04. The molecule has 17 heavy (non-hydrogen) atoms. The quantitative estimate of drug-likeness (QED) is 0.427. The Balaban J connectivity index is 2.11. The van der Waals surface area contributed by atoms with Crippen molar-refractivity contribution < 1.29 is 9.66 Å². The van der Waals surface area contributed by atoms with Crippen molar-refractivity contribution in [3.63, 3.8) is 0 Å². The molecule has 8 heteroatoms. The zero-order chi connectivity index (χ0) is 12.7. The fraction of sp³-hybridized carbons (Fsp3) is 0.667. The summed E-state index contributed by atoms with van der Waals surface area (Å²) in [5, 5.41) is 14.0. The molecule has 7 nitrogen and oxygen atoms in total. The number of hydrogen-bond donors (Lipinski definition) is 1. The lowest BCUT2D eigenvalue weighted by Crippen LogP contribution is -2.19. The van der Waals surface area contributed by atoms with E-state index in [1.165, 1.54) is 6.20 Å². The molecular weight excluding hydrogens is 244 g/mol. The first-order valence-corrected chi connectivity index (χ1v) is 5.98. The highest BCUT2D eigenvalue weighted by Gasteiger charge is 2.10. The van der Waals surface area contributed by atoms with E-state index in [-0.39, 0.29) is 5.00 Å². The van der Waals surface area contributed by atoms with Gasteiger partial charge in [-0.05, 0) is 25.4 Å². The molecule has 0 amide bonds. The van der Waals surface area contributed by atoms with Crippen molar-refractivity contribution >= 4 is 21.5 Å². The van der Waals surface area contributed by atoms with E-state index in [1.54, 1.807) is 0 Å². The molecule has 1 rings (SSSR count). The van der Waals surface area contributed by atoms with Gasteiger partial charge in [0.05, 0.1) is 18.1 Å². The molecule has 0 aliphatic carbocycles. The molecule has 0 saturated carbocycles. The van der Waals surface area contributed by atoms with E-state index in [9.17, 15) is 10.1 Å². The Morgan fingerprint density at radius 1 is 1.59 bits per heavy atom. The van der Waals surface area contributed by atoms with Crippen molar-refractivity contribution in [1.82, 2.24) is 9.88 Å². The molecule has 1 aromatic rings. The number of nitrogens with one attached hydrogen (secondary N) is 1. The van der Waals surface area contributed by atoms with Crippen LogP contribution in [0, 0.1) is 10.1 Å². The molecule has 1 N–H and O–H groups in total. The Morgan fingerprint density at radius 3 is 2.94 bits per heavy atom. The van der Waals surface area contributed by atoms with Crippen molar-refractivity contribution in [1.29, 1.82) is 0 Å². The highest BCUT2D eigenvalue weighted by molar-refractivity contribution is 7.18. The minimum atomic E-state index is -0.448. The molecular formula is C9H16N4O3S. The number of ether oxygens (including phenoxy) is 1. The lowest BCUT2D eigenvalue weighted by atomic mass is 10.6. The molecule has 0 aromatic carbocycles. The fourth-order valence-electron chi connectivity index (χ4n) is 1.01. The minimum absolute atomic E-state index is 0.0426. The lowest BCUT2D eigenvalue weighted by Gasteiger charge is -2.09. The van der Waals surface area contributed by atoms with Gasteiger partial charge in [-0.2, -0.15) is 0 Å². The molecule has 0 aliphatic rings. The SMILES string of the molecule is CN(C)CCOCCNc1ncc([N+](=O)[O-])s1. The average Bonchev–Trinajstić information content (AvgIpc) is 2.71. The number of likely N-dealkylation sites (N-methyl/N-ethyl adjacent to an activating group) is 1. The maximum atomic E-state index is 10.4. The van der Waals surface area contributed by atoms with Gasteiger partial charge in [0.25, 0.3) is 0 Å². The smallest absolute Gasteiger partial charge is 0.345 e. The van der Waals surface area contributed by atoms with Crippen LogP contribution in [0.25, 0.3) is 0 Å². The van der Waals surface area contributed by atoms with Crippen LogP contribution in [0.15, 0.2) is 6.20 Å². The van der Waals surface area contributed by atoms with E-state index in [2.05, 4.69) is 10.3 Å². The first-order valence-electron chi connectivity index (χ1n) is 5.16. The first kappa shape index (κ1) is 13.8. The Morgan fingerprint density at radius 2 is 2.35 bits per heavy atom. The fourth-order valence-corrected chi connectivity index (χ4v) is 1.67. The minimum Gasteiger partial charge on any atom is -0.378 e. The largest absolute Gasteiger partial charge is 0.378 e. The Hall–Kier alpha value is -1.25. The van der Waals surface area contributed by atoms with Crippen molar-refractivity contribution in [2.75, 3.05) is 45.7 Å². The van der Waals surface area contributed by atoms with Gasteiger partial charge >= 0.3 is 5.00 Å². The summed E-state index contributed by atoms with van der Waals surface area (Å²) in [6.45, 7) is 2.70. The van der Waals surface area contributed by atoms with E-state index in [0.29, 0.717) is 24.9 Å². The van der Waals surface area contributed by atoms with Crippen molar-refractivity contribution in [3.8, 4) is 0 Å². The first-order chi connectivity index (χ1) is 8.09. The van der Waals surface area contributed by atoms with Crippen LogP contribution >= 0.6 is 11.3 Å². The summed E-state index contributed by atoms with van der Waals surface area (Å²) in [5.41, 5.74) is 0. The molecule has 1 heterocycles. The van der Waals surface area contributed by atoms with Gasteiger partial charge in [-0.25, -0.2) is 4.98 Å². The number of nitrogens with zero attached hydrogens (tertiary/aromatic N) is 3. The molecule has 0 saturated heterocycles. The second kappa shape index (κ2) is 7.15. The third kappa shape index (κ3) is 5.57. The number of nitro groups is 1. The standard InChI is InChI=1S/C9H16N4O3S/c1-12(2)4-6-16-5-3-10-9-11-7-8(17-9)13(14)15/h7H,3-6H2,1-2H3,(H,10,11). The molecule has 0 radical (unpaired) electrons. The van der Waals surface area contributed by atoms with E-state index >= 15 is 0 Å². The third-order valence-electron chi connectivity index (χ3n) is 1.88. The van der Waals surface area contributed by atoms with Crippen LogP contribution in [0.1, 0.15) is 0 Å². The van der Waals surface area contributed by atoms with E-state index in [1.807, 2.05) is 19.0 Å². The zero-order valence-corrected chi connectivity index (χ0v) is 10.7. The maximum Gasteiger partial charge on any atom is 0.345 e. The van der Waals surface area contributed by atoms with Gasteiger partial charge in [0, 0.05) is 13.1 Å². The number of hydrogen-bond acceptors (Lipinski definition) is 7. The van der Waals surface area contributed by atoms with Crippen LogP contribution in [0.4, 0.5) is 10.1 Å². The average molecular weight is 260 g/mol. The molecule has 0 atom stereocenters. The maximum absolute atomic E-state index is 10.4. The van der Waals surface area contributed by atoms with Gasteiger partial charge in [0.2, 0.25) is 0 Å². The normalized spacial score (nSPS) is 10.8. The van der Waals surface area contributed by atoms with Crippen LogP contribution in [-0.2, 0) is 4.74 Å². The van der Waals surface area contributed by atoms with E-state index < -0.39 is 4.92 Å². The zero-order valence-electron chi connectivity index (χ0n) is 9.88. The van der Waals surface area contributed by atoms with Crippen molar-refractivity contribution in [3.05, 3.63) is 16.3 Å². The van der Waals surface area contributed by atoms with Crippen LogP contribution in [0.5, 0.6) is 0 Å². The summed E-state index contributed by atoms with van der Waals surface area (Å²) in [6.07, 6.45) is 1.25. The predicted molar refractivity (Wildman–Crippen MR) is 66.6 cm³/mol. The molecule has 0 spiro atoms. The van der Waals surface area contributed by atoms with E-state index in [0.717, 1.165) is 17.9 Å². The van der Waals surface area contributed by atoms with Crippen molar-refractivity contribution in [2.45, 2.75) is 0 Å². The summed E-state index contributed by atoms with van der Waals surface area (Å²) >= 11 is 1.02. The van der Waals surface area contributed by atoms with Gasteiger partial charge < -0.3 is 15.0 Å². The molecule has 0 fully saturated rings. The van der Waals surface area contributed by atoms with Gasteiger partial charge in [-0.3, -0.25) is 10.1 Å². The number of thiazole rings is 1. The van der Waals surface area contributed by atoms with Crippen molar-refractivity contribution in [2.24, 2.45) is 0 Å².